The molecule has 3 rings (SSSR count). The van der Waals surface area contributed by atoms with Crippen molar-refractivity contribution in [3.63, 3.8) is 0 Å². The second-order valence-corrected chi connectivity index (χ2v) is 6.39. The van der Waals surface area contributed by atoms with Crippen LogP contribution in [0.3, 0.4) is 0 Å². The largest absolute Gasteiger partial charge is 0.324 e. The molecule has 0 spiro atoms. The Balaban J connectivity index is 1.91. The Kier molecular flexibility index (Phi) is 4.43. The first-order valence-corrected chi connectivity index (χ1v) is 8.13. The maximum Gasteiger partial charge on any atom is 0.231 e. The summed E-state index contributed by atoms with van der Waals surface area (Å²) in [6, 6.07) is 7.51. The predicted octanol–water partition coefficient (Wildman–Crippen LogP) is 2.93. The van der Waals surface area contributed by atoms with Crippen LogP contribution in [-0.4, -0.2) is 23.3 Å². The quantitative estimate of drug-likeness (QED) is 0.899. The molecule has 1 aliphatic rings. The van der Waals surface area contributed by atoms with E-state index in [1.165, 1.54) is 6.92 Å². The van der Waals surface area contributed by atoms with Crippen LogP contribution in [0, 0.1) is 0 Å². The molecule has 2 amide bonds. The van der Waals surface area contributed by atoms with Crippen LogP contribution in [0.1, 0.15) is 18.1 Å². The molecule has 0 aliphatic carbocycles. The SMILES string of the molecule is CC(=O)Nc1cc(Br)cc2c1N(C(=O)Cc1ccncc1)CC2. The molecule has 6 heteroatoms. The summed E-state index contributed by atoms with van der Waals surface area (Å²) in [7, 11) is 0. The fourth-order valence-electron chi connectivity index (χ4n) is 2.81. The van der Waals surface area contributed by atoms with Gasteiger partial charge in [-0.25, -0.2) is 0 Å². The van der Waals surface area contributed by atoms with Crippen molar-refractivity contribution in [3.05, 3.63) is 52.3 Å². The number of nitrogens with zero attached hydrogens (tertiary/aromatic N) is 2. The van der Waals surface area contributed by atoms with Crippen LogP contribution in [0.2, 0.25) is 0 Å². The Bertz CT molecular complexity index is 762. The summed E-state index contributed by atoms with van der Waals surface area (Å²) in [5.74, 6) is -0.136. The molecule has 0 unspecified atom stereocenters. The number of anilines is 2. The number of carbonyl (C=O) groups excluding carboxylic acids is 2. The van der Waals surface area contributed by atoms with E-state index in [1.807, 2.05) is 24.3 Å². The van der Waals surface area contributed by atoms with Gasteiger partial charge in [-0.3, -0.25) is 14.6 Å². The second kappa shape index (κ2) is 6.50. The van der Waals surface area contributed by atoms with Gasteiger partial charge in [0.15, 0.2) is 0 Å². The second-order valence-electron chi connectivity index (χ2n) is 5.47. The van der Waals surface area contributed by atoms with Crippen LogP contribution in [-0.2, 0) is 22.4 Å². The molecule has 0 radical (unpaired) electrons. The van der Waals surface area contributed by atoms with Gasteiger partial charge in [0.25, 0.3) is 0 Å². The molecule has 0 saturated heterocycles. The number of halogens is 1. The van der Waals surface area contributed by atoms with Crippen molar-refractivity contribution in [2.75, 3.05) is 16.8 Å². The zero-order chi connectivity index (χ0) is 16.4. The topological polar surface area (TPSA) is 62.3 Å². The zero-order valence-corrected chi connectivity index (χ0v) is 14.3. The van der Waals surface area contributed by atoms with Gasteiger partial charge in [-0.05, 0) is 41.8 Å². The fourth-order valence-corrected chi connectivity index (χ4v) is 3.32. The van der Waals surface area contributed by atoms with Gasteiger partial charge < -0.3 is 10.2 Å². The normalized spacial score (nSPS) is 12.9. The lowest BCUT2D eigenvalue weighted by Crippen LogP contribution is -2.31. The summed E-state index contributed by atoms with van der Waals surface area (Å²) in [5, 5.41) is 2.82. The number of hydrogen-bond donors (Lipinski definition) is 1. The zero-order valence-electron chi connectivity index (χ0n) is 12.7. The molecule has 0 fully saturated rings. The maximum atomic E-state index is 12.7. The minimum absolute atomic E-state index is 0.0175. The third kappa shape index (κ3) is 3.42. The molecular formula is C17H16BrN3O2. The number of aromatic nitrogens is 1. The molecule has 1 aromatic carbocycles. The van der Waals surface area contributed by atoms with E-state index in [9.17, 15) is 9.59 Å². The average Bonchev–Trinajstić information content (AvgIpc) is 2.91. The number of benzene rings is 1. The molecule has 1 aromatic heterocycles. The van der Waals surface area contributed by atoms with Crippen molar-refractivity contribution < 1.29 is 9.59 Å². The van der Waals surface area contributed by atoms with E-state index in [0.29, 0.717) is 18.7 Å². The Morgan fingerprint density at radius 3 is 2.74 bits per heavy atom. The lowest BCUT2D eigenvalue weighted by molar-refractivity contribution is -0.118. The molecule has 0 bridgehead atoms. The molecule has 5 nitrogen and oxygen atoms in total. The van der Waals surface area contributed by atoms with Gasteiger partial charge in [0.2, 0.25) is 11.8 Å². The number of hydrogen-bond acceptors (Lipinski definition) is 3. The molecule has 1 aliphatic heterocycles. The number of pyridine rings is 1. The van der Waals surface area contributed by atoms with Crippen molar-refractivity contribution >= 4 is 39.1 Å². The summed E-state index contributed by atoms with van der Waals surface area (Å²) in [6.07, 6.45) is 4.46. The number of amides is 2. The van der Waals surface area contributed by atoms with E-state index in [-0.39, 0.29) is 11.8 Å². The van der Waals surface area contributed by atoms with Gasteiger partial charge in [0, 0.05) is 30.3 Å². The van der Waals surface area contributed by atoms with Crippen LogP contribution >= 0.6 is 15.9 Å². The molecule has 118 valence electrons. The van der Waals surface area contributed by atoms with Gasteiger partial charge in [-0.2, -0.15) is 0 Å². The van der Waals surface area contributed by atoms with E-state index in [2.05, 4.69) is 26.2 Å². The molecule has 2 aromatic rings. The van der Waals surface area contributed by atoms with Gasteiger partial charge in [0.05, 0.1) is 17.8 Å². The van der Waals surface area contributed by atoms with Gasteiger partial charge >= 0.3 is 0 Å². The monoisotopic (exact) mass is 373 g/mol. The Morgan fingerprint density at radius 1 is 1.30 bits per heavy atom. The first kappa shape index (κ1) is 15.7. The number of fused-ring (bicyclic) bond motifs is 1. The van der Waals surface area contributed by atoms with Gasteiger partial charge in [-0.15, -0.1) is 0 Å². The fraction of sp³-hybridized carbons (Fsp3) is 0.235. The number of carbonyl (C=O) groups is 2. The van der Waals surface area contributed by atoms with Gasteiger partial charge in [0.1, 0.15) is 0 Å². The standard InChI is InChI=1S/C17H16BrN3O2/c1-11(22)20-15-10-14(18)9-13-4-7-21(17(13)15)16(23)8-12-2-5-19-6-3-12/h2-3,5-6,9-10H,4,7-8H2,1H3,(H,20,22). The summed E-state index contributed by atoms with van der Waals surface area (Å²) in [4.78, 5) is 29.9. The predicted molar refractivity (Wildman–Crippen MR) is 92.4 cm³/mol. The Hall–Kier alpha value is -2.21. The summed E-state index contributed by atoms with van der Waals surface area (Å²) < 4.78 is 0.892. The van der Waals surface area contributed by atoms with Crippen LogP contribution < -0.4 is 10.2 Å². The molecule has 1 N–H and O–H groups in total. The highest BCUT2D eigenvalue weighted by molar-refractivity contribution is 9.10. The van der Waals surface area contributed by atoms with Crippen molar-refractivity contribution in [1.82, 2.24) is 4.98 Å². The minimum Gasteiger partial charge on any atom is -0.324 e. The van der Waals surface area contributed by atoms with E-state index < -0.39 is 0 Å². The van der Waals surface area contributed by atoms with E-state index >= 15 is 0 Å². The highest BCUT2D eigenvalue weighted by Gasteiger charge is 2.28. The maximum absolute atomic E-state index is 12.7. The molecule has 2 heterocycles. The molecule has 0 atom stereocenters. The Labute approximate surface area is 142 Å². The average molecular weight is 374 g/mol. The molecular weight excluding hydrogens is 358 g/mol. The van der Waals surface area contributed by atoms with Crippen molar-refractivity contribution in [2.24, 2.45) is 0 Å². The highest BCUT2D eigenvalue weighted by Crippen LogP contribution is 2.38. The van der Waals surface area contributed by atoms with Crippen LogP contribution in [0.25, 0.3) is 0 Å². The smallest absolute Gasteiger partial charge is 0.231 e. The van der Waals surface area contributed by atoms with Gasteiger partial charge in [-0.1, -0.05) is 15.9 Å². The van der Waals surface area contributed by atoms with Crippen LogP contribution in [0.15, 0.2) is 41.1 Å². The van der Waals surface area contributed by atoms with E-state index in [4.69, 9.17) is 0 Å². The lowest BCUT2D eigenvalue weighted by Gasteiger charge is -2.21. The van der Waals surface area contributed by atoms with Crippen molar-refractivity contribution in [2.45, 2.75) is 19.8 Å². The Morgan fingerprint density at radius 2 is 2.04 bits per heavy atom. The third-order valence-corrected chi connectivity index (χ3v) is 4.20. The summed E-state index contributed by atoms with van der Waals surface area (Å²) >= 11 is 3.45. The summed E-state index contributed by atoms with van der Waals surface area (Å²) in [6.45, 7) is 2.09. The molecule has 0 saturated carbocycles. The first-order valence-electron chi connectivity index (χ1n) is 7.34. The van der Waals surface area contributed by atoms with E-state index in [1.54, 1.807) is 17.3 Å². The van der Waals surface area contributed by atoms with Crippen molar-refractivity contribution in [1.29, 1.82) is 0 Å². The minimum atomic E-state index is -0.154. The summed E-state index contributed by atoms with van der Waals surface area (Å²) in [5.41, 5.74) is 3.47. The van der Waals surface area contributed by atoms with Crippen molar-refractivity contribution in [3.8, 4) is 0 Å². The lowest BCUT2D eigenvalue weighted by atomic mass is 10.1. The number of nitrogens with one attached hydrogen (secondary N) is 1. The highest BCUT2D eigenvalue weighted by atomic mass is 79.9. The molecule has 23 heavy (non-hydrogen) atoms. The van der Waals surface area contributed by atoms with Crippen LogP contribution in [0.4, 0.5) is 11.4 Å². The third-order valence-electron chi connectivity index (χ3n) is 3.74. The van der Waals surface area contributed by atoms with Crippen LogP contribution in [0.5, 0.6) is 0 Å². The number of rotatable bonds is 3. The van der Waals surface area contributed by atoms with E-state index in [0.717, 1.165) is 27.7 Å². The first-order chi connectivity index (χ1) is 11.0.